The van der Waals surface area contributed by atoms with Gasteiger partial charge in [-0.1, -0.05) is 13.8 Å². The normalized spacial score (nSPS) is 14.2. The Labute approximate surface area is 163 Å². The first-order chi connectivity index (χ1) is 13.4. The molecule has 0 radical (unpaired) electrons. The summed E-state index contributed by atoms with van der Waals surface area (Å²) >= 11 is 0. The second-order valence-electron chi connectivity index (χ2n) is 7.11. The van der Waals surface area contributed by atoms with E-state index < -0.39 is 11.9 Å². The summed E-state index contributed by atoms with van der Waals surface area (Å²) in [4.78, 5) is 36.5. The number of carbonyl (C=O) groups is 3. The molecule has 1 unspecified atom stereocenters. The van der Waals surface area contributed by atoms with E-state index in [2.05, 4.69) is 21.3 Å². The number of hydrogen-bond acceptors (Lipinski definition) is 4. The number of anilines is 2. The van der Waals surface area contributed by atoms with Crippen LogP contribution in [0.1, 0.15) is 37.2 Å². The van der Waals surface area contributed by atoms with Crippen molar-refractivity contribution in [2.75, 3.05) is 10.6 Å². The molecule has 0 spiro atoms. The molecule has 3 rings (SSSR count). The molecule has 8 nitrogen and oxygen atoms in total. The van der Waals surface area contributed by atoms with Crippen molar-refractivity contribution in [2.24, 2.45) is 5.92 Å². The molecule has 28 heavy (non-hydrogen) atoms. The molecular formula is C20H24N4O4. The molecule has 1 atom stereocenters. The fourth-order valence-electron chi connectivity index (χ4n) is 2.59. The monoisotopic (exact) mass is 384 g/mol. The summed E-state index contributed by atoms with van der Waals surface area (Å²) in [6.45, 7) is 3.69. The molecule has 1 aliphatic carbocycles. The summed E-state index contributed by atoms with van der Waals surface area (Å²) in [5.74, 6) is -0.744. The molecule has 1 aliphatic rings. The maximum atomic E-state index is 12.6. The van der Waals surface area contributed by atoms with E-state index in [0.717, 1.165) is 12.8 Å². The van der Waals surface area contributed by atoms with Gasteiger partial charge in [0, 0.05) is 17.4 Å². The van der Waals surface area contributed by atoms with E-state index in [1.165, 1.54) is 12.3 Å². The molecule has 0 saturated heterocycles. The van der Waals surface area contributed by atoms with E-state index >= 15 is 0 Å². The second-order valence-corrected chi connectivity index (χ2v) is 7.11. The van der Waals surface area contributed by atoms with Crippen LogP contribution < -0.4 is 21.3 Å². The number of furan rings is 1. The van der Waals surface area contributed by atoms with Crippen LogP contribution >= 0.6 is 0 Å². The summed E-state index contributed by atoms with van der Waals surface area (Å²) < 4.78 is 5.06. The Kier molecular flexibility index (Phi) is 5.98. The van der Waals surface area contributed by atoms with Gasteiger partial charge in [-0.05, 0) is 55.2 Å². The van der Waals surface area contributed by atoms with Gasteiger partial charge < -0.3 is 25.7 Å². The van der Waals surface area contributed by atoms with Crippen LogP contribution in [-0.2, 0) is 4.79 Å². The Hall–Kier alpha value is -3.29. The summed E-state index contributed by atoms with van der Waals surface area (Å²) in [7, 11) is 0. The lowest BCUT2D eigenvalue weighted by atomic mass is 10.0. The minimum Gasteiger partial charge on any atom is -0.459 e. The molecule has 1 fully saturated rings. The van der Waals surface area contributed by atoms with Gasteiger partial charge in [-0.25, -0.2) is 4.79 Å². The molecule has 0 aliphatic heterocycles. The molecule has 148 valence electrons. The van der Waals surface area contributed by atoms with E-state index in [4.69, 9.17) is 4.42 Å². The predicted octanol–water partition coefficient (Wildman–Crippen LogP) is 2.96. The van der Waals surface area contributed by atoms with E-state index in [0.29, 0.717) is 11.4 Å². The van der Waals surface area contributed by atoms with Crippen molar-refractivity contribution in [3.05, 3.63) is 48.4 Å². The van der Waals surface area contributed by atoms with Crippen molar-refractivity contribution < 1.29 is 18.8 Å². The zero-order valence-electron chi connectivity index (χ0n) is 15.8. The van der Waals surface area contributed by atoms with Gasteiger partial charge in [0.25, 0.3) is 5.91 Å². The summed E-state index contributed by atoms with van der Waals surface area (Å²) in [5.41, 5.74) is 1.19. The van der Waals surface area contributed by atoms with Gasteiger partial charge in [-0.2, -0.15) is 0 Å². The van der Waals surface area contributed by atoms with Crippen LogP contribution in [-0.4, -0.2) is 29.9 Å². The van der Waals surface area contributed by atoms with Gasteiger partial charge in [0.1, 0.15) is 6.04 Å². The molecule has 0 bridgehead atoms. The summed E-state index contributed by atoms with van der Waals surface area (Å²) in [5, 5.41) is 11.1. The number of amides is 4. The van der Waals surface area contributed by atoms with Gasteiger partial charge in [0.2, 0.25) is 5.91 Å². The number of hydrogen-bond donors (Lipinski definition) is 4. The van der Waals surface area contributed by atoms with Crippen LogP contribution in [0.5, 0.6) is 0 Å². The average Bonchev–Trinajstić information content (AvgIpc) is 3.28. The fourth-order valence-corrected chi connectivity index (χ4v) is 2.59. The zero-order chi connectivity index (χ0) is 20.1. The summed E-state index contributed by atoms with van der Waals surface area (Å²) in [6.07, 6.45) is 3.44. The first-order valence-electron chi connectivity index (χ1n) is 9.25. The molecule has 4 amide bonds. The lowest BCUT2D eigenvalue weighted by molar-refractivity contribution is -0.118. The standard InChI is InChI=1S/C20H24N4O4/c1-12(2)17(24-18(25)16-4-3-11-28-16)19(26)21-13-5-7-14(8-6-13)22-20(27)23-15-9-10-15/h3-8,11-12,15,17H,9-10H2,1-2H3,(H,21,26)(H,24,25)(H2,22,23,27). The van der Waals surface area contributed by atoms with Crippen molar-refractivity contribution in [3.8, 4) is 0 Å². The van der Waals surface area contributed by atoms with Crippen molar-refractivity contribution in [2.45, 2.75) is 38.8 Å². The first kappa shape index (κ1) is 19.5. The number of benzene rings is 1. The van der Waals surface area contributed by atoms with Crippen LogP contribution in [0, 0.1) is 5.92 Å². The fraction of sp³-hybridized carbons (Fsp3) is 0.350. The van der Waals surface area contributed by atoms with E-state index in [-0.39, 0.29) is 29.7 Å². The van der Waals surface area contributed by atoms with E-state index in [1.54, 1.807) is 30.3 Å². The number of urea groups is 1. The van der Waals surface area contributed by atoms with Crippen molar-refractivity contribution in [3.63, 3.8) is 0 Å². The third kappa shape index (κ3) is 5.35. The van der Waals surface area contributed by atoms with Crippen LogP contribution in [0.4, 0.5) is 16.2 Å². The minimum atomic E-state index is -0.722. The van der Waals surface area contributed by atoms with E-state index in [1.807, 2.05) is 13.8 Å². The highest BCUT2D eigenvalue weighted by Gasteiger charge is 2.26. The van der Waals surface area contributed by atoms with Crippen molar-refractivity contribution in [1.82, 2.24) is 10.6 Å². The SMILES string of the molecule is CC(C)C(NC(=O)c1ccco1)C(=O)Nc1ccc(NC(=O)NC2CC2)cc1. The highest BCUT2D eigenvalue weighted by atomic mass is 16.3. The molecule has 1 heterocycles. The lowest BCUT2D eigenvalue weighted by Crippen LogP contribution is -2.47. The van der Waals surface area contributed by atoms with Crippen LogP contribution in [0.25, 0.3) is 0 Å². The molecule has 1 saturated carbocycles. The largest absolute Gasteiger partial charge is 0.459 e. The van der Waals surface area contributed by atoms with Crippen LogP contribution in [0.3, 0.4) is 0 Å². The third-order valence-electron chi connectivity index (χ3n) is 4.30. The summed E-state index contributed by atoms with van der Waals surface area (Å²) in [6, 6.07) is 9.26. The highest BCUT2D eigenvalue weighted by molar-refractivity contribution is 6.00. The van der Waals surface area contributed by atoms with Crippen LogP contribution in [0.2, 0.25) is 0 Å². The molecule has 1 aromatic carbocycles. The number of rotatable bonds is 7. The van der Waals surface area contributed by atoms with Gasteiger partial charge in [-0.15, -0.1) is 0 Å². The zero-order valence-corrected chi connectivity index (χ0v) is 15.8. The van der Waals surface area contributed by atoms with Crippen LogP contribution in [0.15, 0.2) is 47.1 Å². The minimum absolute atomic E-state index is 0.119. The van der Waals surface area contributed by atoms with Crippen molar-refractivity contribution in [1.29, 1.82) is 0 Å². The first-order valence-corrected chi connectivity index (χ1v) is 9.25. The maximum Gasteiger partial charge on any atom is 0.319 e. The van der Waals surface area contributed by atoms with Gasteiger partial charge in [0.05, 0.1) is 6.26 Å². The van der Waals surface area contributed by atoms with Gasteiger partial charge in [0.15, 0.2) is 5.76 Å². The smallest absolute Gasteiger partial charge is 0.319 e. The molecule has 1 aromatic heterocycles. The second kappa shape index (κ2) is 8.60. The molecule has 2 aromatic rings. The molecule has 8 heteroatoms. The highest BCUT2D eigenvalue weighted by Crippen LogP contribution is 2.19. The van der Waals surface area contributed by atoms with Crippen molar-refractivity contribution >= 4 is 29.2 Å². The number of nitrogens with one attached hydrogen (secondary N) is 4. The Morgan fingerprint density at radius 3 is 2.18 bits per heavy atom. The maximum absolute atomic E-state index is 12.6. The van der Waals surface area contributed by atoms with E-state index in [9.17, 15) is 14.4 Å². The quantitative estimate of drug-likeness (QED) is 0.588. The Balaban J connectivity index is 1.56. The molecule has 4 N–H and O–H groups in total. The lowest BCUT2D eigenvalue weighted by Gasteiger charge is -2.21. The van der Waals surface area contributed by atoms with Gasteiger partial charge >= 0.3 is 6.03 Å². The topological polar surface area (TPSA) is 112 Å². The molecular weight excluding hydrogens is 360 g/mol. The number of carbonyl (C=O) groups excluding carboxylic acids is 3. The third-order valence-corrected chi connectivity index (χ3v) is 4.30. The van der Waals surface area contributed by atoms with Gasteiger partial charge in [-0.3, -0.25) is 9.59 Å². The average molecular weight is 384 g/mol. The Bertz CT molecular complexity index is 826. The Morgan fingerprint density at radius 2 is 1.64 bits per heavy atom. The predicted molar refractivity (Wildman–Crippen MR) is 105 cm³/mol. The Morgan fingerprint density at radius 1 is 1.00 bits per heavy atom.